The van der Waals surface area contributed by atoms with Gasteiger partial charge in [0.15, 0.2) is 0 Å². The summed E-state index contributed by atoms with van der Waals surface area (Å²) >= 11 is 1.53. The molecule has 2 aromatic rings. The van der Waals surface area contributed by atoms with E-state index in [4.69, 9.17) is 5.26 Å². The van der Waals surface area contributed by atoms with Gasteiger partial charge in [0, 0.05) is 31.0 Å². The predicted molar refractivity (Wildman–Crippen MR) is 107 cm³/mol. The summed E-state index contributed by atoms with van der Waals surface area (Å²) in [6.45, 7) is 1.40. The molecule has 3 rings (SSSR count). The van der Waals surface area contributed by atoms with Crippen LogP contribution in [0, 0.1) is 11.3 Å². The first kappa shape index (κ1) is 19.0. The fourth-order valence-electron chi connectivity index (χ4n) is 2.97. The Labute approximate surface area is 163 Å². The SMILES string of the molecule is N#Cc1ccc(CSCC(=O)Nc2cccc(CN3CCCC3=O)c2)cc1. The van der Waals surface area contributed by atoms with Crippen LogP contribution in [0.5, 0.6) is 0 Å². The van der Waals surface area contributed by atoms with Crippen molar-refractivity contribution >= 4 is 29.3 Å². The van der Waals surface area contributed by atoms with Gasteiger partial charge in [-0.15, -0.1) is 11.8 Å². The first-order valence-corrected chi connectivity index (χ1v) is 10.0. The van der Waals surface area contributed by atoms with Crippen molar-refractivity contribution in [3.63, 3.8) is 0 Å². The molecule has 1 fully saturated rings. The van der Waals surface area contributed by atoms with Gasteiger partial charge in [0.2, 0.25) is 11.8 Å². The number of likely N-dealkylation sites (tertiary alicyclic amines) is 1. The Morgan fingerprint density at radius 1 is 1.19 bits per heavy atom. The lowest BCUT2D eigenvalue weighted by molar-refractivity contribution is -0.128. The lowest BCUT2D eigenvalue weighted by Crippen LogP contribution is -2.23. The van der Waals surface area contributed by atoms with Crippen LogP contribution in [0.15, 0.2) is 48.5 Å². The van der Waals surface area contributed by atoms with Crippen LogP contribution in [-0.2, 0) is 21.9 Å². The van der Waals surface area contributed by atoms with Crippen LogP contribution < -0.4 is 5.32 Å². The molecule has 1 aliphatic rings. The average molecular weight is 379 g/mol. The van der Waals surface area contributed by atoms with E-state index in [2.05, 4.69) is 11.4 Å². The topological polar surface area (TPSA) is 73.2 Å². The maximum atomic E-state index is 12.2. The Balaban J connectivity index is 1.46. The summed E-state index contributed by atoms with van der Waals surface area (Å²) < 4.78 is 0. The molecule has 0 aliphatic carbocycles. The normalized spacial score (nSPS) is 13.4. The Kier molecular flexibility index (Phi) is 6.50. The minimum atomic E-state index is -0.0527. The van der Waals surface area contributed by atoms with Crippen LogP contribution in [0.1, 0.15) is 29.5 Å². The molecule has 27 heavy (non-hydrogen) atoms. The monoisotopic (exact) mass is 379 g/mol. The number of hydrogen-bond donors (Lipinski definition) is 1. The van der Waals surface area contributed by atoms with E-state index in [1.807, 2.05) is 41.3 Å². The van der Waals surface area contributed by atoms with Crippen molar-refractivity contribution in [2.45, 2.75) is 25.1 Å². The number of carbonyl (C=O) groups excluding carboxylic acids is 2. The van der Waals surface area contributed by atoms with Crippen LogP contribution in [0.4, 0.5) is 5.69 Å². The average Bonchev–Trinajstić information content (AvgIpc) is 3.07. The van der Waals surface area contributed by atoms with Gasteiger partial charge in [0.05, 0.1) is 17.4 Å². The van der Waals surface area contributed by atoms with E-state index in [-0.39, 0.29) is 11.8 Å². The van der Waals surface area contributed by atoms with Gasteiger partial charge in [-0.25, -0.2) is 0 Å². The lowest BCUT2D eigenvalue weighted by atomic mass is 10.2. The van der Waals surface area contributed by atoms with E-state index in [0.717, 1.165) is 35.5 Å². The van der Waals surface area contributed by atoms with Gasteiger partial charge in [0.25, 0.3) is 0 Å². The Hall–Kier alpha value is -2.78. The zero-order valence-electron chi connectivity index (χ0n) is 15.0. The fraction of sp³-hybridized carbons (Fsp3) is 0.286. The molecule has 0 aromatic heterocycles. The van der Waals surface area contributed by atoms with Crippen LogP contribution in [-0.4, -0.2) is 29.0 Å². The number of nitrogens with one attached hydrogen (secondary N) is 1. The van der Waals surface area contributed by atoms with Crippen LogP contribution in [0.25, 0.3) is 0 Å². The molecule has 1 aliphatic heterocycles. The van der Waals surface area contributed by atoms with E-state index < -0.39 is 0 Å². The maximum absolute atomic E-state index is 12.2. The van der Waals surface area contributed by atoms with Gasteiger partial charge in [-0.1, -0.05) is 24.3 Å². The standard InChI is InChI=1S/C21H21N3O2S/c22-12-16-6-8-17(9-7-16)14-27-15-20(25)23-19-4-1-3-18(11-19)13-24-10-2-5-21(24)26/h1,3-4,6-9,11H,2,5,10,13-15H2,(H,23,25). The van der Waals surface area contributed by atoms with Crippen LogP contribution in [0.3, 0.4) is 0 Å². The minimum absolute atomic E-state index is 0.0527. The molecule has 5 nitrogen and oxygen atoms in total. The molecule has 2 amide bonds. The first-order valence-electron chi connectivity index (χ1n) is 8.87. The number of carbonyl (C=O) groups is 2. The second kappa shape index (κ2) is 9.24. The van der Waals surface area contributed by atoms with E-state index in [9.17, 15) is 9.59 Å². The number of hydrogen-bond acceptors (Lipinski definition) is 4. The highest BCUT2D eigenvalue weighted by molar-refractivity contribution is 7.99. The van der Waals surface area contributed by atoms with Crippen molar-refractivity contribution in [1.82, 2.24) is 4.90 Å². The van der Waals surface area contributed by atoms with Crippen molar-refractivity contribution in [3.8, 4) is 6.07 Å². The Morgan fingerprint density at radius 3 is 2.70 bits per heavy atom. The second-order valence-electron chi connectivity index (χ2n) is 6.47. The summed E-state index contributed by atoms with van der Waals surface area (Å²) in [4.78, 5) is 25.8. The van der Waals surface area contributed by atoms with Gasteiger partial charge in [0.1, 0.15) is 0 Å². The molecule has 2 aromatic carbocycles. The molecule has 0 radical (unpaired) electrons. The fourth-order valence-corrected chi connectivity index (χ4v) is 3.76. The van der Waals surface area contributed by atoms with Crippen molar-refractivity contribution < 1.29 is 9.59 Å². The molecule has 0 spiro atoms. The molecule has 0 atom stereocenters. The Bertz CT molecular complexity index is 858. The van der Waals surface area contributed by atoms with Gasteiger partial charge in [-0.3, -0.25) is 9.59 Å². The smallest absolute Gasteiger partial charge is 0.234 e. The number of anilines is 1. The summed E-state index contributed by atoms with van der Waals surface area (Å²) in [7, 11) is 0. The molecule has 1 saturated heterocycles. The van der Waals surface area contributed by atoms with Crippen molar-refractivity contribution in [2.24, 2.45) is 0 Å². The highest BCUT2D eigenvalue weighted by Gasteiger charge is 2.20. The summed E-state index contributed by atoms with van der Waals surface area (Å²) in [5.74, 6) is 1.22. The molecule has 0 saturated carbocycles. The number of benzene rings is 2. The summed E-state index contributed by atoms with van der Waals surface area (Å²) in [6, 6.07) is 17.1. The molecular weight excluding hydrogens is 358 g/mol. The zero-order valence-corrected chi connectivity index (χ0v) is 15.8. The molecule has 1 N–H and O–H groups in total. The highest BCUT2D eigenvalue weighted by Crippen LogP contribution is 2.18. The number of amides is 2. The van der Waals surface area contributed by atoms with Crippen molar-refractivity contribution in [1.29, 1.82) is 5.26 Å². The molecule has 138 valence electrons. The highest BCUT2D eigenvalue weighted by atomic mass is 32.2. The summed E-state index contributed by atoms with van der Waals surface area (Å²) in [5, 5.41) is 11.7. The first-order chi connectivity index (χ1) is 13.1. The van der Waals surface area contributed by atoms with Crippen LogP contribution >= 0.6 is 11.8 Å². The van der Waals surface area contributed by atoms with Crippen molar-refractivity contribution in [3.05, 3.63) is 65.2 Å². The molecular formula is C21H21N3O2S. The van der Waals surface area contributed by atoms with Gasteiger partial charge in [-0.05, 0) is 41.8 Å². The zero-order chi connectivity index (χ0) is 19.1. The quantitative estimate of drug-likeness (QED) is 0.798. The number of thioether (sulfide) groups is 1. The van der Waals surface area contributed by atoms with E-state index in [1.54, 1.807) is 12.1 Å². The number of nitriles is 1. The van der Waals surface area contributed by atoms with Gasteiger partial charge < -0.3 is 10.2 Å². The van der Waals surface area contributed by atoms with Gasteiger partial charge >= 0.3 is 0 Å². The Morgan fingerprint density at radius 2 is 2.00 bits per heavy atom. The number of nitrogens with zero attached hydrogens (tertiary/aromatic N) is 2. The van der Waals surface area contributed by atoms with E-state index in [0.29, 0.717) is 24.3 Å². The molecule has 0 bridgehead atoms. The van der Waals surface area contributed by atoms with E-state index >= 15 is 0 Å². The maximum Gasteiger partial charge on any atom is 0.234 e. The molecule has 0 unspecified atom stereocenters. The largest absolute Gasteiger partial charge is 0.338 e. The number of rotatable bonds is 7. The minimum Gasteiger partial charge on any atom is -0.338 e. The van der Waals surface area contributed by atoms with Crippen LogP contribution in [0.2, 0.25) is 0 Å². The third kappa shape index (κ3) is 5.60. The van der Waals surface area contributed by atoms with Crippen molar-refractivity contribution in [2.75, 3.05) is 17.6 Å². The molecule has 1 heterocycles. The third-order valence-electron chi connectivity index (χ3n) is 4.34. The van der Waals surface area contributed by atoms with Gasteiger partial charge in [-0.2, -0.15) is 5.26 Å². The lowest BCUT2D eigenvalue weighted by Gasteiger charge is -2.16. The predicted octanol–water partition coefficient (Wildman–Crippen LogP) is 3.55. The summed E-state index contributed by atoms with van der Waals surface area (Å²) in [5.41, 5.74) is 3.50. The van der Waals surface area contributed by atoms with E-state index in [1.165, 1.54) is 11.8 Å². The third-order valence-corrected chi connectivity index (χ3v) is 5.34. The second-order valence-corrected chi connectivity index (χ2v) is 7.45. The summed E-state index contributed by atoms with van der Waals surface area (Å²) in [6.07, 6.45) is 1.55. The molecule has 6 heteroatoms.